The zero-order valence-electron chi connectivity index (χ0n) is 14.8. The number of hydrogen-bond acceptors (Lipinski definition) is 4. The van der Waals surface area contributed by atoms with E-state index in [1.807, 2.05) is 4.90 Å². The van der Waals surface area contributed by atoms with Crippen molar-refractivity contribution in [3.05, 3.63) is 42.0 Å². The molecule has 8 heteroatoms. The first-order chi connectivity index (χ1) is 13.0. The van der Waals surface area contributed by atoms with E-state index in [0.717, 1.165) is 25.8 Å². The minimum atomic E-state index is -0.496. The second-order valence-electron chi connectivity index (χ2n) is 7.00. The van der Waals surface area contributed by atoms with Gasteiger partial charge in [-0.05, 0) is 31.4 Å². The molecule has 1 aromatic heterocycles. The van der Waals surface area contributed by atoms with Gasteiger partial charge in [-0.15, -0.1) is 0 Å². The Morgan fingerprint density at radius 2 is 2.04 bits per heavy atom. The zero-order valence-corrected chi connectivity index (χ0v) is 14.8. The third-order valence-corrected chi connectivity index (χ3v) is 5.23. The van der Waals surface area contributed by atoms with Crippen molar-refractivity contribution in [2.75, 3.05) is 19.6 Å². The Morgan fingerprint density at radius 1 is 1.22 bits per heavy atom. The van der Waals surface area contributed by atoms with Gasteiger partial charge in [0, 0.05) is 32.1 Å². The number of aromatic hydroxyl groups is 1. The third-order valence-electron chi connectivity index (χ3n) is 5.23. The topological polar surface area (TPSA) is 78.7 Å². The van der Waals surface area contributed by atoms with Gasteiger partial charge in [-0.1, -0.05) is 12.1 Å². The number of nitrogens with zero attached hydrogens (tertiary/aromatic N) is 4. The summed E-state index contributed by atoms with van der Waals surface area (Å²) < 4.78 is 15.1. The fourth-order valence-corrected chi connectivity index (χ4v) is 3.88. The lowest BCUT2D eigenvalue weighted by molar-refractivity contribution is -0.130. The summed E-state index contributed by atoms with van der Waals surface area (Å²) in [5.74, 6) is -1.05. The fraction of sp³-hybridized carbons (Fsp3) is 0.421. The molecule has 1 N–H and O–H groups in total. The molecule has 2 aliphatic rings. The van der Waals surface area contributed by atoms with Crippen LogP contribution < -0.4 is 0 Å². The first kappa shape index (κ1) is 17.5. The fourth-order valence-electron chi connectivity index (χ4n) is 3.88. The summed E-state index contributed by atoms with van der Waals surface area (Å²) in [5.41, 5.74) is 0.0534. The molecule has 1 aromatic carbocycles. The zero-order chi connectivity index (χ0) is 19.0. The number of piperidine rings is 1. The summed E-state index contributed by atoms with van der Waals surface area (Å²) in [6.45, 7) is 1.71. The molecule has 4 rings (SSSR count). The number of para-hydroxylation sites is 1. The van der Waals surface area contributed by atoms with Crippen LogP contribution in [0.2, 0.25) is 0 Å². The van der Waals surface area contributed by atoms with E-state index in [4.69, 9.17) is 0 Å². The monoisotopic (exact) mass is 372 g/mol. The van der Waals surface area contributed by atoms with Crippen molar-refractivity contribution >= 4 is 11.8 Å². The van der Waals surface area contributed by atoms with Crippen LogP contribution in [0.1, 0.15) is 36.2 Å². The van der Waals surface area contributed by atoms with Crippen molar-refractivity contribution in [1.29, 1.82) is 0 Å². The molecule has 142 valence electrons. The first-order valence-electron chi connectivity index (χ1n) is 9.17. The van der Waals surface area contributed by atoms with E-state index in [9.17, 15) is 19.1 Å². The molecule has 27 heavy (non-hydrogen) atoms. The molecule has 2 aliphatic heterocycles. The smallest absolute Gasteiger partial charge is 0.278 e. The molecule has 2 amide bonds. The predicted molar refractivity (Wildman–Crippen MR) is 95.1 cm³/mol. The summed E-state index contributed by atoms with van der Waals surface area (Å²) in [4.78, 5) is 28.4. The maximum absolute atomic E-state index is 14.0. The lowest BCUT2D eigenvalue weighted by Crippen LogP contribution is -2.50. The normalized spacial score (nSPS) is 20.3. The van der Waals surface area contributed by atoms with E-state index in [2.05, 4.69) is 5.10 Å². The number of carbonyl (C=O) groups is 2. The van der Waals surface area contributed by atoms with Gasteiger partial charge in [-0.25, -0.2) is 9.07 Å². The Labute approximate surface area is 156 Å². The van der Waals surface area contributed by atoms with Crippen molar-refractivity contribution in [3.63, 3.8) is 0 Å². The second kappa shape index (κ2) is 7.02. The van der Waals surface area contributed by atoms with E-state index < -0.39 is 11.7 Å². The highest BCUT2D eigenvalue weighted by atomic mass is 19.1. The van der Waals surface area contributed by atoms with E-state index >= 15 is 0 Å². The van der Waals surface area contributed by atoms with Gasteiger partial charge in [0.2, 0.25) is 5.91 Å². The number of aromatic nitrogens is 2. The largest absolute Gasteiger partial charge is 0.504 e. The first-order valence-corrected chi connectivity index (χ1v) is 9.17. The highest BCUT2D eigenvalue weighted by Gasteiger charge is 2.34. The highest BCUT2D eigenvalue weighted by Crippen LogP contribution is 2.25. The van der Waals surface area contributed by atoms with Gasteiger partial charge in [0.05, 0.1) is 6.20 Å². The number of rotatable bonds is 3. The third kappa shape index (κ3) is 3.27. The second-order valence-corrected chi connectivity index (χ2v) is 7.00. The molecular formula is C19H21FN4O3. The Hall–Kier alpha value is -2.90. The Morgan fingerprint density at radius 3 is 2.78 bits per heavy atom. The summed E-state index contributed by atoms with van der Waals surface area (Å²) in [7, 11) is 0. The Bertz CT molecular complexity index is 882. The average molecular weight is 372 g/mol. The maximum Gasteiger partial charge on any atom is 0.278 e. The van der Waals surface area contributed by atoms with Crippen LogP contribution >= 0.6 is 0 Å². The van der Waals surface area contributed by atoms with Crippen LogP contribution in [-0.4, -0.2) is 62.2 Å². The molecule has 2 saturated heterocycles. The minimum absolute atomic E-state index is 0.00787. The quantitative estimate of drug-likeness (QED) is 0.893. The number of likely N-dealkylation sites (tertiary alicyclic amines) is 2. The molecule has 2 fully saturated rings. The highest BCUT2D eigenvalue weighted by molar-refractivity contribution is 5.95. The van der Waals surface area contributed by atoms with Gasteiger partial charge in [0.15, 0.2) is 11.4 Å². The number of amides is 2. The van der Waals surface area contributed by atoms with Crippen molar-refractivity contribution in [3.8, 4) is 11.4 Å². The SMILES string of the molecule is O=C(c1nn(-c2ccccc2F)cc1O)N1CCC[C@@H](N2CCCC2=O)C1. The molecule has 0 unspecified atom stereocenters. The summed E-state index contributed by atoms with van der Waals surface area (Å²) in [5, 5.41) is 14.3. The summed E-state index contributed by atoms with van der Waals surface area (Å²) >= 11 is 0. The lowest BCUT2D eigenvalue weighted by atomic mass is 10.0. The predicted octanol–water partition coefficient (Wildman–Crippen LogP) is 1.94. The maximum atomic E-state index is 14.0. The molecule has 0 bridgehead atoms. The van der Waals surface area contributed by atoms with Crippen molar-refractivity contribution in [2.45, 2.75) is 31.7 Å². The molecule has 2 aromatic rings. The van der Waals surface area contributed by atoms with E-state index in [0.29, 0.717) is 19.5 Å². The molecular weight excluding hydrogens is 351 g/mol. The van der Waals surface area contributed by atoms with Crippen LogP contribution in [0.5, 0.6) is 5.75 Å². The van der Waals surface area contributed by atoms with Crippen LogP contribution in [0.3, 0.4) is 0 Å². The van der Waals surface area contributed by atoms with Crippen LogP contribution in [-0.2, 0) is 4.79 Å². The van der Waals surface area contributed by atoms with E-state index in [-0.39, 0.29) is 29.1 Å². The molecule has 0 radical (unpaired) electrons. The van der Waals surface area contributed by atoms with Gasteiger partial charge < -0.3 is 14.9 Å². The van der Waals surface area contributed by atoms with Gasteiger partial charge in [-0.2, -0.15) is 5.10 Å². The van der Waals surface area contributed by atoms with Crippen molar-refractivity contribution in [1.82, 2.24) is 19.6 Å². The number of halogens is 1. The molecule has 7 nitrogen and oxygen atoms in total. The Kier molecular flexibility index (Phi) is 4.55. The number of benzene rings is 1. The minimum Gasteiger partial charge on any atom is -0.504 e. The molecule has 0 spiro atoms. The van der Waals surface area contributed by atoms with Crippen LogP contribution in [0, 0.1) is 5.82 Å². The van der Waals surface area contributed by atoms with Gasteiger partial charge in [0.1, 0.15) is 11.5 Å². The van der Waals surface area contributed by atoms with E-state index in [1.165, 1.54) is 23.0 Å². The Balaban J connectivity index is 1.54. The standard InChI is InChI=1S/C19H21FN4O3/c20-14-6-1-2-7-15(14)24-12-16(25)18(21-24)19(27)22-9-3-5-13(11-22)23-10-4-8-17(23)26/h1-2,6-7,12-13,25H,3-5,8-11H2/t13-/m1/s1. The molecule has 3 heterocycles. The van der Waals surface area contributed by atoms with Crippen LogP contribution in [0.15, 0.2) is 30.5 Å². The van der Waals surface area contributed by atoms with Crippen molar-refractivity contribution in [2.24, 2.45) is 0 Å². The molecule has 1 atom stereocenters. The summed E-state index contributed by atoms with van der Waals surface area (Å²) in [6, 6.07) is 6.03. The van der Waals surface area contributed by atoms with Crippen molar-refractivity contribution < 1.29 is 19.1 Å². The van der Waals surface area contributed by atoms with Gasteiger partial charge >= 0.3 is 0 Å². The molecule has 0 aliphatic carbocycles. The lowest BCUT2D eigenvalue weighted by Gasteiger charge is -2.37. The number of hydrogen-bond donors (Lipinski definition) is 1. The van der Waals surface area contributed by atoms with Crippen LogP contribution in [0.25, 0.3) is 5.69 Å². The number of carbonyl (C=O) groups excluding carboxylic acids is 2. The molecule has 0 saturated carbocycles. The van der Waals surface area contributed by atoms with Gasteiger partial charge in [-0.3, -0.25) is 9.59 Å². The average Bonchev–Trinajstić information content (AvgIpc) is 3.27. The van der Waals surface area contributed by atoms with Crippen LogP contribution in [0.4, 0.5) is 4.39 Å². The summed E-state index contributed by atoms with van der Waals surface area (Å²) in [6.07, 6.45) is 4.31. The van der Waals surface area contributed by atoms with E-state index in [1.54, 1.807) is 17.0 Å². The van der Waals surface area contributed by atoms with Gasteiger partial charge in [0.25, 0.3) is 5.91 Å².